The molecule has 17 atom stereocenters. The third-order valence-electron chi connectivity index (χ3n) is 12.1. The summed E-state index contributed by atoms with van der Waals surface area (Å²) < 4.78 is 37.9. The van der Waals surface area contributed by atoms with E-state index in [1.807, 2.05) is 48.6 Å². The zero-order valence-electron chi connectivity index (χ0n) is 34.5. The quantitative estimate of drug-likeness (QED) is 0.280. The number of nitrogens with zero attached hydrogens (tertiary/aromatic N) is 1. The van der Waals surface area contributed by atoms with Gasteiger partial charge in [-0.3, -0.25) is 9.59 Å². The highest BCUT2D eigenvalue weighted by Crippen LogP contribution is 2.40. The number of methoxy groups -OCH3 is 1. The van der Waals surface area contributed by atoms with E-state index in [1.54, 1.807) is 27.7 Å². The van der Waals surface area contributed by atoms with Gasteiger partial charge in [-0.15, -0.1) is 0 Å². The van der Waals surface area contributed by atoms with E-state index >= 15 is 0 Å². The molecule has 0 unspecified atom stereocenters. The second-order valence-electron chi connectivity index (χ2n) is 17.5. The number of carbonyl (C=O) groups is 2. The van der Waals surface area contributed by atoms with Gasteiger partial charge in [0, 0.05) is 43.9 Å². The maximum Gasteiger partial charge on any atom is 0.311 e. The number of esters is 1. The summed E-state index contributed by atoms with van der Waals surface area (Å²) in [6.07, 6.45) is -5.34. The fourth-order valence-electron chi connectivity index (χ4n) is 9.05. The first-order valence-corrected chi connectivity index (χ1v) is 19.8. The molecule has 3 rings (SSSR count). The van der Waals surface area contributed by atoms with Crippen LogP contribution < -0.4 is 0 Å². The molecule has 3 saturated heterocycles. The lowest BCUT2D eigenvalue weighted by atomic mass is 9.75. The first-order valence-electron chi connectivity index (χ1n) is 19.8. The van der Waals surface area contributed by atoms with Crippen LogP contribution in [0.2, 0.25) is 0 Å². The van der Waals surface area contributed by atoms with Crippen molar-refractivity contribution in [1.29, 1.82) is 0 Å². The summed E-state index contributed by atoms with van der Waals surface area (Å²) in [6, 6.07) is -0.263. The first kappa shape index (κ1) is 45.2. The average Bonchev–Trinajstić information content (AvgIpc) is 3.06. The summed E-state index contributed by atoms with van der Waals surface area (Å²) in [5.41, 5.74) is -2.62. The van der Waals surface area contributed by atoms with Crippen LogP contribution in [0.15, 0.2) is 0 Å². The topological polar surface area (TPSA) is 153 Å². The Morgan fingerprint density at radius 3 is 2.15 bits per heavy atom. The lowest BCUT2D eigenvalue weighted by Gasteiger charge is -2.49. The van der Waals surface area contributed by atoms with Gasteiger partial charge < -0.3 is 48.6 Å². The third kappa shape index (κ3) is 10.8. The molecule has 3 heterocycles. The minimum Gasteiger partial charge on any atom is -0.462 e. The minimum absolute atomic E-state index is 0.0119. The van der Waals surface area contributed by atoms with Crippen molar-refractivity contribution < 1.29 is 53.3 Å². The summed E-state index contributed by atoms with van der Waals surface area (Å²) in [5, 5.41) is 35.2. The molecule has 12 nitrogen and oxygen atoms in total. The Kier molecular flexibility index (Phi) is 16.2. The molecular weight excluding hydrogens is 670 g/mol. The van der Waals surface area contributed by atoms with Crippen LogP contribution in [0, 0.1) is 35.5 Å². The monoisotopic (exact) mass is 744 g/mol. The van der Waals surface area contributed by atoms with E-state index in [-0.39, 0.29) is 42.6 Å². The number of Topliss-reactive ketones (excluding diaryl/α,β-unsaturated/α-hetero) is 1. The van der Waals surface area contributed by atoms with Crippen LogP contribution in [0.25, 0.3) is 0 Å². The molecule has 3 aliphatic heterocycles. The van der Waals surface area contributed by atoms with Crippen molar-refractivity contribution in [3.05, 3.63) is 0 Å². The minimum atomic E-state index is -1.64. The fraction of sp³-hybridized carbons (Fsp3) is 0.950. The van der Waals surface area contributed by atoms with Gasteiger partial charge in [0.1, 0.15) is 24.1 Å². The number of ketones is 1. The number of likely N-dealkylation sites (N-methyl/N-ethyl adjacent to an activating group) is 1. The largest absolute Gasteiger partial charge is 0.462 e. The molecule has 0 bridgehead atoms. The lowest BCUT2D eigenvalue weighted by molar-refractivity contribution is -0.318. The molecule has 304 valence electrons. The molecule has 3 fully saturated rings. The van der Waals surface area contributed by atoms with Crippen LogP contribution in [0.3, 0.4) is 0 Å². The second kappa shape index (κ2) is 18.6. The Hall–Kier alpha value is -1.22. The van der Waals surface area contributed by atoms with Crippen molar-refractivity contribution in [3.63, 3.8) is 0 Å². The van der Waals surface area contributed by atoms with Crippen molar-refractivity contribution in [2.24, 2.45) is 35.5 Å². The summed E-state index contributed by atoms with van der Waals surface area (Å²) in [6.45, 7) is 23.4. The number of ether oxygens (including phenoxy) is 6. The lowest BCUT2D eigenvalue weighted by Crippen LogP contribution is -2.61. The van der Waals surface area contributed by atoms with Crippen LogP contribution in [0.5, 0.6) is 0 Å². The predicted octanol–water partition coefficient (Wildman–Crippen LogP) is 4.73. The Labute approximate surface area is 313 Å². The Morgan fingerprint density at radius 2 is 1.58 bits per heavy atom. The normalized spacial score (nSPS) is 46.2. The molecule has 0 spiro atoms. The summed E-state index contributed by atoms with van der Waals surface area (Å²) >= 11 is 0. The molecule has 0 radical (unpaired) electrons. The summed E-state index contributed by atoms with van der Waals surface area (Å²) in [5.74, 6) is -2.59. The molecule has 3 aliphatic rings. The highest BCUT2D eigenvalue weighted by molar-refractivity contribution is 5.83. The van der Waals surface area contributed by atoms with Gasteiger partial charge >= 0.3 is 5.97 Å². The highest BCUT2D eigenvalue weighted by atomic mass is 16.7. The number of aliphatic hydroxyl groups excluding tert-OH is 2. The van der Waals surface area contributed by atoms with Gasteiger partial charge in [-0.1, -0.05) is 48.5 Å². The molecule has 0 saturated carbocycles. The maximum absolute atomic E-state index is 14.1. The van der Waals surface area contributed by atoms with E-state index in [4.69, 9.17) is 28.4 Å². The SMILES string of the molecule is CC[C@H]1OC(=O)[C@H](C)[C@@H](O[C@H]2C[C@@](C)(OC)[C@@H](O)[C@H](C)O2)[C@H](C)[C@@H](O[C@@H]2O[C@H](C)C[C@H](N(C)CC(C)C)[C@H]2O)[C@@](C)(O)C[C@@H](C)C(=O)[C@H](C)C[C@H]1C. The van der Waals surface area contributed by atoms with Crippen molar-refractivity contribution in [1.82, 2.24) is 4.90 Å². The number of aliphatic hydroxyl groups is 3. The number of hydrogen-bond acceptors (Lipinski definition) is 12. The average molecular weight is 744 g/mol. The van der Waals surface area contributed by atoms with E-state index in [2.05, 4.69) is 18.7 Å². The fourth-order valence-corrected chi connectivity index (χ4v) is 9.05. The van der Waals surface area contributed by atoms with Crippen molar-refractivity contribution in [2.45, 2.75) is 188 Å². The molecule has 52 heavy (non-hydrogen) atoms. The van der Waals surface area contributed by atoms with Crippen molar-refractivity contribution in [2.75, 3.05) is 20.7 Å². The number of rotatable bonds is 9. The molecule has 3 N–H and O–H groups in total. The standard InChI is InChI=1S/C40H73NO11/c1-15-30-22(4)16-23(5)32(42)24(6)18-39(11,46)36(52-38-33(43)29(17-25(7)48-38)41(13)20-21(2)3)26(8)34(27(9)37(45)50-30)51-31-19-40(12,47-14)35(44)28(10)49-31/h21-31,33-36,38,43-44,46H,15-20H2,1-14H3/t22-,23-,24-,25-,26+,27-,28+,29+,30-,31+,33-,34+,35+,36-,38+,39+,40-/m1/s1. The smallest absolute Gasteiger partial charge is 0.311 e. The van der Waals surface area contributed by atoms with Gasteiger partial charge in [0.05, 0.1) is 41.5 Å². The molecule has 0 aliphatic carbocycles. The molecule has 0 aromatic rings. The third-order valence-corrected chi connectivity index (χ3v) is 12.1. The van der Waals surface area contributed by atoms with E-state index in [1.165, 1.54) is 7.11 Å². The molecule has 0 aromatic heterocycles. The summed E-state index contributed by atoms with van der Waals surface area (Å²) in [7, 11) is 3.51. The van der Waals surface area contributed by atoms with E-state index in [0.29, 0.717) is 25.2 Å². The van der Waals surface area contributed by atoms with Crippen molar-refractivity contribution in [3.8, 4) is 0 Å². The van der Waals surface area contributed by atoms with Crippen LogP contribution in [-0.4, -0.2) is 125 Å². The predicted molar refractivity (Wildman–Crippen MR) is 197 cm³/mol. The van der Waals surface area contributed by atoms with Gasteiger partial charge in [-0.25, -0.2) is 0 Å². The van der Waals surface area contributed by atoms with Crippen LogP contribution >= 0.6 is 0 Å². The van der Waals surface area contributed by atoms with Crippen LogP contribution in [0.4, 0.5) is 0 Å². The molecule has 0 amide bonds. The van der Waals surface area contributed by atoms with Gasteiger partial charge in [0.25, 0.3) is 0 Å². The highest BCUT2D eigenvalue weighted by Gasteiger charge is 2.52. The van der Waals surface area contributed by atoms with E-state index in [9.17, 15) is 24.9 Å². The van der Waals surface area contributed by atoms with Gasteiger partial charge in [0.15, 0.2) is 12.6 Å². The Balaban J connectivity index is 2.13. The number of hydrogen-bond donors (Lipinski definition) is 3. The zero-order valence-corrected chi connectivity index (χ0v) is 34.5. The van der Waals surface area contributed by atoms with Crippen LogP contribution in [0.1, 0.15) is 115 Å². The van der Waals surface area contributed by atoms with Gasteiger partial charge in [-0.05, 0) is 79.2 Å². The second-order valence-corrected chi connectivity index (χ2v) is 17.5. The van der Waals surface area contributed by atoms with Crippen molar-refractivity contribution >= 4 is 11.8 Å². The first-order chi connectivity index (χ1) is 24.1. The van der Waals surface area contributed by atoms with E-state index < -0.39 is 84.1 Å². The van der Waals surface area contributed by atoms with Crippen LogP contribution in [-0.2, 0) is 38.0 Å². The molecule has 0 aromatic carbocycles. The number of carbonyl (C=O) groups excluding carboxylic acids is 2. The number of cyclic esters (lactones) is 1. The zero-order chi connectivity index (χ0) is 39.5. The van der Waals surface area contributed by atoms with Gasteiger partial charge in [0.2, 0.25) is 0 Å². The maximum atomic E-state index is 14.1. The molecular formula is C40H73NO11. The Morgan fingerprint density at radius 1 is 0.942 bits per heavy atom. The summed E-state index contributed by atoms with van der Waals surface area (Å²) in [4.78, 5) is 30.0. The van der Waals surface area contributed by atoms with E-state index in [0.717, 1.165) is 6.54 Å². The Bertz CT molecular complexity index is 1150. The molecule has 12 heteroatoms. The van der Waals surface area contributed by atoms with Gasteiger partial charge in [-0.2, -0.15) is 0 Å².